The van der Waals surface area contributed by atoms with Gasteiger partial charge in [0.15, 0.2) is 0 Å². The number of hydrogen-bond acceptors (Lipinski definition) is 0. The van der Waals surface area contributed by atoms with Gasteiger partial charge in [-0.1, -0.05) is 82.2 Å². The first-order valence-corrected chi connectivity index (χ1v) is 6.97. The summed E-state index contributed by atoms with van der Waals surface area (Å²) < 4.78 is 0. The van der Waals surface area contributed by atoms with Gasteiger partial charge in [0, 0.05) is 0 Å². The molecule has 0 saturated carbocycles. The van der Waals surface area contributed by atoms with Gasteiger partial charge in [0.1, 0.15) is 0 Å². The number of benzene rings is 1. The minimum atomic E-state index is 0. The van der Waals surface area contributed by atoms with E-state index in [1.54, 1.807) is 0 Å². The molecule has 0 aliphatic rings. The average Bonchev–Trinajstić information content (AvgIpc) is 2.34. The van der Waals surface area contributed by atoms with Gasteiger partial charge < -0.3 is 2.85 Å². The molecule has 1 rings (SSSR count). The fraction of sp³-hybridized carbons (Fsp3) is 0.625. The van der Waals surface area contributed by atoms with Crippen LogP contribution in [0, 0.1) is 0 Å². The molecule has 0 unspecified atom stereocenters. The van der Waals surface area contributed by atoms with Gasteiger partial charge in [0.2, 0.25) is 0 Å². The van der Waals surface area contributed by atoms with Crippen LogP contribution < -0.4 is 0 Å². The second-order valence-corrected chi connectivity index (χ2v) is 4.71. The van der Waals surface area contributed by atoms with E-state index in [1.165, 1.54) is 63.4 Å². The first kappa shape index (κ1) is 17.0. The molecule has 0 atom stereocenters. The molecule has 0 spiro atoms. The number of rotatable bonds is 9. The Hall–Kier alpha value is -0.0138. The average molecular weight is 245 g/mol. The Labute approximate surface area is 126 Å². The maximum Gasteiger partial charge on any atom is 2.00 e. The second kappa shape index (κ2) is 12.4. The summed E-state index contributed by atoms with van der Waals surface area (Å²) in [6, 6.07) is 10.8. The molecule has 94 valence electrons. The zero-order valence-electron chi connectivity index (χ0n) is 13.5. The Morgan fingerprint density at radius 3 is 1.88 bits per heavy atom. The van der Waals surface area contributed by atoms with Gasteiger partial charge in [-0.2, -0.15) is 0 Å². The van der Waals surface area contributed by atoms with Gasteiger partial charge in [0.25, 0.3) is 0 Å². The standard InChI is InChI=1S/C16H26.Mg.2H/c1-2-3-4-5-6-7-8-10-13-16-14-11-9-12-15-16;;;/h9,11-12,14-15H,2-8,10,13H2,1H3;;;/q;+2;2*-1. The van der Waals surface area contributed by atoms with Crippen molar-refractivity contribution in [1.29, 1.82) is 0 Å². The van der Waals surface area contributed by atoms with E-state index in [4.69, 9.17) is 0 Å². The van der Waals surface area contributed by atoms with Crippen molar-refractivity contribution in [2.45, 2.75) is 64.7 Å². The van der Waals surface area contributed by atoms with Gasteiger partial charge in [0.05, 0.1) is 0 Å². The van der Waals surface area contributed by atoms with Crippen molar-refractivity contribution in [2.75, 3.05) is 0 Å². The van der Waals surface area contributed by atoms with Crippen LogP contribution in [0.5, 0.6) is 0 Å². The van der Waals surface area contributed by atoms with Crippen LogP contribution in [0.4, 0.5) is 0 Å². The van der Waals surface area contributed by atoms with Crippen LogP contribution in [0.2, 0.25) is 0 Å². The van der Waals surface area contributed by atoms with Crippen LogP contribution in [0.3, 0.4) is 0 Å². The van der Waals surface area contributed by atoms with Gasteiger partial charge in [-0.25, -0.2) is 0 Å². The Morgan fingerprint density at radius 1 is 0.765 bits per heavy atom. The molecule has 0 aromatic heterocycles. The molecule has 0 nitrogen and oxygen atoms in total. The van der Waals surface area contributed by atoms with E-state index in [0.717, 1.165) is 0 Å². The molecule has 0 aliphatic carbocycles. The molecule has 0 bridgehead atoms. The van der Waals surface area contributed by atoms with E-state index in [9.17, 15) is 0 Å². The van der Waals surface area contributed by atoms with Crippen molar-refractivity contribution in [3.05, 3.63) is 35.9 Å². The topological polar surface area (TPSA) is 0 Å². The van der Waals surface area contributed by atoms with Crippen LogP contribution in [-0.4, -0.2) is 23.1 Å². The molecule has 0 aliphatic heterocycles. The summed E-state index contributed by atoms with van der Waals surface area (Å²) in [5, 5.41) is 0. The van der Waals surface area contributed by atoms with Crippen LogP contribution in [-0.2, 0) is 6.42 Å². The minimum absolute atomic E-state index is 0. The van der Waals surface area contributed by atoms with Crippen molar-refractivity contribution >= 4 is 23.1 Å². The fourth-order valence-corrected chi connectivity index (χ4v) is 2.11. The molecule has 0 heterocycles. The van der Waals surface area contributed by atoms with Crippen LogP contribution >= 0.6 is 0 Å². The van der Waals surface area contributed by atoms with Gasteiger partial charge >= 0.3 is 23.1 Å². The summed E-state index contributed by atoms with van der Waals surface area (Å²) in [4.78, 5) is 0. The van der Waals surface area contributed by atoms with Crippen LogP contribution in [0.15, 0.2) is 30.3 Å². The maximum absolute atomic E-state index is 2.28. The fourth-order valence-electron chi connectivity index (χ4n) is 2.11. The molecular formula is C16H28Mg. The first-order valence-electron chi connectivity index (χ1n) is 6.97. The molecule has 1 aromatic rings. The number of hydrogen-bond donors (Lipinski definition) is 0. The van der Waals surface area contributed by atoms with Gasteiger partial charge in [-0.15, -0.1) is 0 Å². The Balaban J connectivity index is -0.000000853. The summed E-state index contributed by atoms with van der Waals surface area (Å²) in [5.41, 5.74) is 1.49. The third-order valence-electron chi connectivity index (χ3n) is 3.16. The van der Waals surface area contributed by atoms with E-state index in [-0.39, 0.29) is 25.9 Å². The SMILES string of the molecule is CCCCCCCCCCc1ccccc1.[H-].[H-].[Mg+2]. The maximum atomic E-state index is 2.28. The van der Waals surface area contributed by atoms with Crippen molar-refractivity contribution < 1.29 is 2.85 Å². The largest absolute Gasteiger partial charge is 2.00 e. The molecule has 1 aromatic carbocycles. The molecule has 1 heteroatoms. The second-order valence-electron chi connectivity index (χ2n) is 4.71. The predicted molar refractivity (Wildman–Crippen MR) is 80.7 cm³/mol. The molecule has 0 radical (unpaired) electrons. The first-order chi connectivity index (χ1) is 7.93. The summed E-state index contributed by atoms with van der Waals surface area (Å²) in [7, 11) is 0. The Bertz CT molecular complexity index is 252. The predicted octanol–water partition coefficient (Wildman–Crippen LogP) is 5.21. The third kappa shape index (κ3) is 9.67. The Morgan fingerprint density at radius 2 is 1.29 bits per heavy atom. The van der Waals surface area contributed by atoms with Crippen LogP contribution in [0.1, 0.15) is 66.7 Å². The Kier molecular flexibility index (Phi) is 12.4. The van der Waals surface area contributed by atoms with Gasteiger partial charge in [-0.05, 0) is 18.4 Å². The molecule has 17 heavy (non-hydrogen) atoms. The smallest absolute Gasteiger partial charge is 1.00 e. The number of unbranched alkanes of at least 4 members (excludes halogenated alkanes) is 7. The molecule has 0 saturated heterocycles. The molecule has 0 N–H and O–H groups in total. The van der Waals surface area contributed by atoms with E-state index in [2.05, 4.69) is 37.3 Å². The van der Waals surface area contributed by atoms with Crippen molar-refractivity contribution in [3.8, 4) is 0 Å². The summed E-state index contributed by atoms with van der Waals surface area (Å²) in [6.45, 7) is 2.28. The number of aryl methyl sites for hydroxylation is 1. The summed E-state index contributed by atoms with van der Waals surface area (Å²) in [5.74, 6) is 0. The van der Waals surface area contributed by atoms with Gasteiger partial charge in [-0.3, -0.25) is 0 Å². The molecule has 0 fully saturated rings. The van der Waals surface area contributed by atoms with E-state index in [1.807, 2.05) is 0 Å². The van der Waals surface area contributed by atoms with E-state index in [0.29, 0.717) is 0 Å². The third-order valence-corrected chi connectivity index (χ3v) is 3.16. The summed E-state index contributed by atoms with van der Waals surface area (Å²) in [6.07, 6.45) is 12.5. The van der Waals surface area contributed by atoms with Crippen molar-refractivity contribution in [3.63, 3.8) is 0 Å². The quantitative estimate of drug-likeness (QED) is 0.413. The van der Waals surface area contributed by atoms with Crippen molar-refractivity contribution in [1.82, 2.24) is 0 Å². The minimum Gasteiger partial charge on any atom is -1.00 e. The van der Waals surface area contributed by atoms with E-state index < -0.39 is 0 Å². The van der Waals surface area contributed by atoms with E-state index >= 15 is 0 Å². The summed E-state index contributed by atoms with van der Waals surface area (Å²) >= 11 is 0. The van der Waals surface area contributed by atoms with Crippen LogP contribution in [0.25, 0.3) is 0 Å². The normalized spacial score (nSPS) is 9.94. The zero-order valence-corrected chi connectivity index (χ0v) is 12.9. The molecule has 0 amide bonds. The van der Waals surface area contributed by atoms with Crippen molar-refractivity contribution in [2.24, 2.45) is 0 Å². The monoisotopic (exact) mass is 244 g/mol. The molecular weight excluding hydrogens is 216 g/mol. The zero-order chi connectivity index (χ0) is 11.5.